The number of methoxy groups -OCH3 is 3. The van der Waals surface area contributed by atoms with Crippen LogP contribution in [-0.2, 0) is 56.5 Å². The number of rotatable bonds is 16. The zero-order chi connectivity index (χ0) is 58.8. The summed E-state index contributed by atoms with van der Waals surface area (Å²) in [5.74, 6) is -8.35. The second-order valence-electron chi connectivity index (χ2n) is 24.2. The Bertz CT molecular complexity index is 2090. The second kappa shape index (κ2) is 32.2. The molecule has 0 aromatic heterocycles. The molecule has 1 amide bonds. The van der Waals surface area contributed by atoms with Gasteiger partial charge in [-0.25, -0.2) is 9.18 Å². The number of ketones is 3. The molecule has 3 fully saturated rings. The molecule has 3 heterocycles. The average molecular weight is 1140 g/mol. The van der Waals surface area contributed by atoms with Crippen LogP contribution in [0.4, 0.5) is 4.39 Å². The number of piperidine rings is 1. The standard InChI is InChI=1S/C63H106FNO12Si2/c1-17-78(18-2,19-3)76-53-34-32-49(39-56(53)72-15)38-45(10)55-41-52(66)44(9)37-47(12)58(77-79(20-4,21-5)22-6)59(73-16)57(67)46(11)36-42(7)28-24-23-25-29-43(8)54(71-14)40-50-33-31-48(13)63(64,75-50)60(68)61(69)65-35-27-26-30-51(65)62(70)74-55/h23-25,28-29,37,42,44-46,48-51,53-56,58-59H,17-22,26-27,30-36,38-41H2,1-16H3/b25-23+,28-24+,43-29+,47-37+/t42-,44-,45-,46-,48-,49+,50+,51+,53-,54+,55?,56-,58-,59+,63-/m1/s1. The minimum atomic E-state index is -2.92. The van der Waals surface area contributed by atoms with Gasteiger partial charge < -0.3 is 37.4 Å². The lowest BCUT2D eigenvalue weighted by Crippen LogP contribution is -2.59. The first kappa shape index (κ1) is 68.5. The van der Waals surface area contributed by atoms with Crippen molar-refractivity contribution < 1.29 is 60.9 Å². The van der Waals surface area contributed by atoms with Crippen molar-refractivity contribution in [3.8, 4) is 0 Å². The number of hydrogen-bond donors (Lipinski definition) is 0. The summed E-state index contributed by atoms with van der Waals surface area (Å²) >= 11 is 0. The number of allylic oxidation sites excluding steroid dienone is 6. The summed E-state index contributed by atoms with van der Waals surface area (Å²) in [7, 11) is 0.603. The molecule has 4 rings (SSSR count). The van der Waals surface area contributed by atoms with Crippen LogP contribution in [0.3, 0.4) is 0 Å². The van der Waals surface area contributed by atoms with Gasteiger partial charge in [-0.05, 0) is 143 Å². The maximum absolute atomic E-state index is 17.3. The molecule has 1 unspecified atom stereocenters. The molecule has 13 nitrogen and oxygen atoms in total. The van der Waals surface area contributed by atoms with Crippen LogP contribution in [0.1, 0.15) is 167 Å². The van der Waals surface area contributed by atoms with Gasteiger partial charge in [-0.3, -0.25) is 19.2 Å². The fraction of sp³-hybridized carbons (Fsp3) is 0.794. The number of esters is 1. The van der Waals surface area contributed by atoms with Gasteiger partial charge in [0.05, 0.1) is 30.5 Å². The van der Waals surface area contributed by atoms with E-state index in [9.17, 15) is 24.0 Å². The van der Waals surface area contributed by atoms with Gasteiger partial charge >= 0.3 is 5.97 Å². The monoisotopic (exact) mass is 1140 g/mol. The SMILES string of the molecule is CC[Si](CC)(CC)O[C@@H]1/C(C)=C/[C@@H](C)C(=O)CC([C@H](C)C[C@@H]2CC[C@@H](O[Si](CC)(CC)CC)[C@H](OC)C2)OC(=O)[C@@H]2CCCCN2C(=O)C(=O)[C@]2(F)O[C@@H](CC[C@H]2C)C[C@H](OC)/C(C)=C/C=C/C=C/[C@@H](C)C[C@@H](C)C(=O)[C@@H]1OC. The molecule has 3 aliphatic heterocycles. The smallest absolute Gasteiger partial charge is 0.329 e. The Balaban J connectivity index is 1.80. The van der Waals surface area contributed by atoms with E-state index in [4.69, 9.17) is 32.5 Å². The van der Waals surface area contributed by atoms with Crippen LogP contribution in [0.15, 0.2) is 47.6 Å². The lowest BCUT2D eigenvalue weighted by molar-refractivity contribution is -0.231. The molecule has 1 aliphatic carbocycles. The third-order valence-electron chi connectivity index (χ3n) is 19.0. The molecular weight excluding hydrogens is 1040 g/mol. The molecule has 0 aromatic carbocycles. The first-order chi connectivity index (χ1) is 37.5. The fourth-order valence-corrected chi connectivity index (χ4v) is 18.7. The molecule has 4 aliphatic rings. The van der Waals surface area contributed by atoms with Gasteiger partial charge in [0, 0.05) is 58.5 Å². The number of Topliss-reactive ketones (excluding diaryl/α,β-unsaturated/α-hetero) is 3. The molecule has 16 heteroatoms. The third-order valence-corrected chi connectivity index (χ3v) is 28.3. The number of alkyl halides is 1. The molecule has 450 valence electrons. The number of amides is 1. The van der Waals surface area contributed by atoms with Crippen molar-refractivity contribution in [3.63, 3.8) is 0 Å². The zero-order valence-electron chi connectivity index (χ0n) is 51.7. The number of hydrogen-bond acceptors (Lipinski definition) is 12. The summed E-state index contributed by atoms with van der Waals surface area (Å²) < 4.78 is 62.2. The Morgan fingerprint density at radius 3 is 1.97 bits per heavy atom. The Morgan fingerprint density at radius 2 is 1.37 bits per heavy atom. The molecular formula is C63H106FNO12Si2. The Kier molecular flexibility index (Phi) is 27.9. The third kappa shape index (κ3) is 18.0. The minimum Gasteiger partial charge on any atom is -0.460 e. The van der Waals surface area contributed by atoms with Gasteiger partial charge in [0.15, 0.2) is 22.4 Å². The van der Waals surface area contributed by atoms with Crippen LogP contribution >= 0.6 is 0 Å². The summed E-state index contributed by atoms with van der Waals surface area (Å²) in [6.07, 6.45) is 13.7. The topological polar surface area (TPSA) is 153 Å². The van der Waals surface area contributed by atoms with E-state index in [1.54, 1.807) is 28.3 Å². The molecule has 0 spiro atoms. The number of fused-ring (bicyclic) bond motifs is 3. The van der Waals surface area contributed by atoms with E-state index in [-0.39, 0.29) is 73.3 Å². The maximum atomic E-state index is 17.3. The van der Waals surface area contributed by atoms with Gasteiger partial charge in [0.1, 0.15) is 24.0 Å². The molecule has 0 N–H and O–H groups in total. The molecule has 0 aromatic rings. The number of cyclic esters (lactones) is 1. The maximum Gasteiger partial charge on any atom is 0.329 e. The number of carbonyl (C=O) groups excluding carboxylic acids is 5. The number of carbonyl (C=O) groups is 5. The quantitative estimate of drug-likeness (QED) is 0.0625. The zero-order valence-corrected chi connectivity index (χ0v) is 53.7. The molecule has 0 radical (unpaired) electrons. The summed E-state index contributed by atoms with van der Waals surface area (Å²) in [4.78, 5) is 74.3. The Hall–Kier alpha value is -2.97. The van der Waals surface area contributed by atoms with Crippen LogP contribution in [0.2, 0.25) is 36.3 Å². The molecule has 2 bridgehead atoms. The largest absolute Gasteiger partial charge is 0.460 e. The van der Waals surface area contributed by atoms with Crippen molar-refractivity contribution in [1.82, 2.24) is 4.90 Å². The lowest BCUT2D eigenvalue weighted by atomic mass is 9.78. The first-order valence-electron chi connectivity index (χ1n) is 30.6. The highest BCUT2D eigenvalue weighted by atomic mass is 28.4. The van der Waals surface area contributed by atoms with E-state index in [1.807, 2.05) is 65.0 Å². The molecule has 1 saturated carbocycles. The average Bonchev–Trinajstić information content (AvgIpc) is 3.45. The molecule has 15 atom stereocenters. The van der Waals surface area contributed by atoms with E-state index >= 15 is 4.39 Å². The predicted octanol–water partition coefficient (Wildman–Crippen LogP) is 13.2. The van der Waals surface area contributed by atoms with E-state index in [2.05, 4.69) is 54.5 Å². The summed E-state index contributed by atoms with van der Waals surface area (Å²) in [6, 6.07) is 4.49. The number of nitrogens with zero attached hydrogens (tertiary/aromatic N) is 1. The first-order valence-corrected chi connectivity index (χ1v) is 35.7. The van der Waals surface area contributed by atoms with E-state index < -0.39 is 88.5 Å². The van der Waals surface area contributed by atoms with Crippen molar-refractivity contribution >= 4 is 45.9 Å². The normalized spacial score (nSPS) is 35.8. The summed E-state index contributed by atoms with van der Waals surface area (Å²) in [5.41, 5.74) is 1.59. The molecule has 79 heavy (non-hydrogen) atoms. The lowest BCUT2D eigenvalue weighted by Gasteiger charge is -2.42. The van der Waals surface area contributed by atoms with Crippen molar-refractivity contribution in [2.75, 3.05) is 27.9 Å². The summed E-state index contributed by atoms with van der Waals surface area (Å²) in [5, 5.41) is 0. The van der Waals surface area contributed by atoms with Gasteiger partial charge in [-0.15, -0.1) is 0 Å². The number of ether oxygens (including phenoxy) is 5. The van der Waals surface area contributed by atoms with Gasteiger partial charge in [0.2, 0.25) is 0 Å². The van der Waals surface area contributed by atoms with Crippen molar-refractivity contribution in [2.45, 2.75) is 258 Å². The Labute approximate surface area is 478 Å². The molecule has 2 saturated heterocycles. The van der Waals surface area contributed by atoms with E-state index in [1.165, 1.54) is 4.90 Å². The van der Waals surface area contributed by atoms with Crippen LogP contribution in [0.5, 0.6) is 0 Å². The number of halogens is 1. The van der Waals surface area contributed by atoms with Crippen LogP contribution in [0.25, 0.3) is 0 Å². The fourth-order valence-electron chi connectivity index (χ4n) is 12.9. The van der Waals surface area contributed by atoms with Crippen molar-refractivity contribution in [2.24, 2.45) is 35.5 Å². The Morgan fingerprint density at radius 1 is 0.722 bits per heavy atom. The van der Waals surface area contributed by atoms with Crippen LogP contribution < -0.4 is 0 Å². The van der Waals surface area contributed by atoms with E-state index in [0.717, 1.165) is 66.7 Å². The van der Waals surface area contributed by atoms with Crippen molar-refractivity contribution in [3.05, 3.63) is 47.6 Å². The van der Waals surface area contributed by atoms with E-state index in [0.29, 0.717) is 38.5 Å². The highest BCUT2D eigenvalue weighted by molar-refractivity contribution is 6.74. The highest BCUT2D eigenvalue weighted by Crippen LogP contribution is 2.41. The minimum absolute atomic E-state index is 0.00157. The van der Waals surface area contributed by atoms with Crippen LogP contribution in [-0.4, -0.2) is 133 Å². The van der Waals surface area contributed by atoms with Crippen molar-refractivity contribution in [1.29, 1.82) is 0 Å². The van der Waals surface area contributed by atoms with Gasteiger partial charge in [0.25, 0.3) is 17.5 Å². The highest BCUT2D eigenvalue weighted by Gasteiger charge is 2.55. The second-order valence-corrected chi connectivity index (χ2v) is 33.7. The summed E-state index contributed by atoms with van der Waals surface area (Å²) in [6.45, 7) is 26.5. The van der Waals surface area contributed by atoms with Crippen LogP contribution in [0, 0.1) is 35.5 Å². The van der Waals surface area contributed by atoms with Gasteiger partial charge in [-0.1, -0.05) is 113 Å². The predicted molar refractivity (Wildman–Crippen MR) is 316 cm³/mol. The van der Waals surface area contributed by atoms with Gasteiger partial charge in [-0.2, -0.15) is 0 Å².